The molecule has 0 aliphatic rings. The summed E-state index contributed by atoms with van der Waals surface area (Å²) in [4.78, 5) is 25.0. The highest BCUT2D eigenvalue weighted by atomic mass is 79.9. The van der Waals surface area contributed by atoms with Gasteiger partial charge in [-0.15, -0.1) is 5.10 Å². The Morgan fingerprint density at radius 3 is 2.59 bits per heavy atom. The Bertz CT molecular complexity index is 1170. The molecule has 0 radical (unpaired) electrons. The van der Waals surface area contributed by atoms with E-state index >= 15 is 0 Å². The average molecular weight is 452 g/mol. The van der Waals surface area contributed by atoms with Crippen molar-refractivity contribution in [3.8, 4) is 5.69 Å². The number of anilines is 2. The summed E-state index contributed by atoms with van der Waals surface area (Å²) in [6.45, 7) is 0. The second kappa shape index (κ2) is 8.11. The summed E-state index contributed by atoms with van der Waals surface area (Å²) in [6.07, 6.45) is 3.25. The van der Waals surface area contributed by atoms with Crippen molar-refractivity contribution in [1.82, 2.24) is 15.0 Å². The topological polar surface area (TPSA) is 102 Å². The van der Waals surface area contributed by atoms with E-state index in [0.717, 1.165) is 0 Å². The molecule has 2 aromatic heterocycles. The molecule has 4 rings (SSSR count). The van der Waals surface area contributed by atoms with E-state index in [-0.39, 0.29) is 11.7 Å². The molecule has 0 fully saturated rings. The highest BCUT2D eigenvalue weighted by molar-refractivity contribution is 9.10. The highest BCUT2D eigenvalue weighted by Crippen LogP contribution is 2.21. The third-order valence-electron chi connectivity index (χ3n) is 4.00. The van der Waals surface area contributed by atoms with Gasteiger partial charge in [0.25, 0.3) is 11.8 Å². The normalized spacial score (nSPS) is 10.5. The molecule has 9 heteroatoms. The van der Waals surface area contributed by atoms with Crippen LogP contribution in [-0.4, -0.2) is 26.8 Å². The zero-order chi connectivity index (χ0) is 20.2. The minimum atomic E-state index is -0.412. The zero-order valence-electron chi connectivity index (χ0n) is 14.9. The number of hydrogen-bond acceptors (Lipinski definition) is 5. The number of aromatic nitrogens is 3. The molecule has 0 aliphatic carbocycles. The molecule has 2 N–H and O–H groups in total. The number of carbonyl (C=O) groups is 2. The van der Waals surface area contributed by atoms with Gasteiger partial charge >= 0.3 is 0 Å². The predicted molar refractivity (Wildman–Crippen MR) is 110 cm³/mol. The molecular formula is C20H14BrN5O3. The van der Waals surface area contributed by atoms with Gasteiger partial charge in [0.2, 0.25) is 0 Å². The number of hydrogen-bond donors (Lipinski definition) is 2. The van der Waals surface area contributed by atoms with Crippen molar-refractivity contribution in [2.24, 2.45) is 0 Å². The van der Waals surface area contributed by atoms with Crippen LogP contribution in [0.4, 0.5) is 11.4 Å². The SMILES string of the molecule is O=C(Nc1ccccc1-n1ccnn1)c1cccc(NC(=O)c2ccc(Br)o2)c1. The van der Waals surface area contributed by atoms with Crippen molar-refractivity contribution in [3.05, 3.63) is 89.1 Å². The number of furan rings is 1. The minimum absolute atomic E-state index is 0.161. The second-order valence-electron chi connectivity index (χ2n) is 5.96. The first kappa shape index (κ1) is 18.6. The van der Waals surface area contributed by atoms with E-state index in [1.807, 2.05) is 18.2 Å². The maximum absolute atomic E-state index is 12.8. The fourth-order valence-corrected chi connectivity index (χ4v) is 2.98. The van der Waals surface area contributed by atoms with Crippen LogP contribution in [0.3, 0.4) is 0 Å². The third-order valence-corrected chi connectivity index (χ3v) is 4.43. The van der Waals surface area contributed by atoms with Gasteiger partial charge in [0.15, 0.2) is 10.4 Å². The molecule has 2 amide bonds. The van der Waals surface area contributed by atoms with Crippen LogP contribution in [-0.2, 0) is 0 Å². The standard InChI is InChI=1S/C20H14BrN5O3/c21-18-9-8-17(29-18)20(28)23-14-5-3-4-13(12-14)19(27)24-15-6-1-2-7-16(15)26-11-10-22-25-26/h1-12H,(H,23,28)(H,24,27). The molecule has 0 aliphatic heterocycles. The lowest BCUT2D eigenvalue weighted by Gasteiger charge is -2.11. The van der Waals surface area contributed by atoms with Crippen molar-refractivity contribution in [1.29, 1.82) is 0 Å². The molecule has 0 saturated carbocycles. The number of rotatable bonds is 5. The summed E-state index contributed by atoms with van der Waals surface area (Å²) in [7, 11) is 0. The Hall–Kier alpha value is -3.72. The van der Waals surface area contributed by atoms with Gasteiger partial charge in [0, 0.05) is 11.3 Å². The maximum Gasteiger partial charge on any atom is 0.291 e. The van der Waals surface area contributed by atoms with Crippen LogP contribution in [0, 0.1) is 0 Å². The van der Waals surface area contributed by atoms with Crippen LogP contribution in [0.2, 0.25) is 0 Å². The lowest BCUT2D eigenvalue weighted by Crippen LogP contribution is -2.15. The number of nitrogens with one attached hydrogen (secondary N) is 2. The van der Waals surface area contributed by atoms with Crippen LogP contribution in [0.1, 0.15) is 20.9 Å². The largest absolute Gasteiger partial charge is 0.444 e. The van der Waals surface area contributed by atoms with E-state index in [9.17, 15) is 9.59 Å². The molecular weight excluding hydrogens is 438 g/mol. The van der Waals surface area contributed by atoms with Gasteiger partial charge in [-0.05, 0) is 58.4 Å². The molecule has 2 aromatic carbocycles. The van der Waals surface area contributed by atoms with Gasteiger partial charge in [-0.1, -0.05) is 23.4 Å². The Balaban J connectivity index is 1.52. The lowest BCUT2D eigenvalue weighted by molar-refractivity contribution is 0.0992. The van der Waals surface area contributed by atoms with Gasteiger partial charge in [0.05, 0.1) is 23.8 Å². The van der Waals surface area contributed by atoms with E-state index < -0.39 is 5.91 Å². The quantitative estimate of drug-likeness (QED) is 0.474. The number of para-hydroxylation sites is 2. The molecule has 0 bridgehead atoms. The zero-order valence-corrected chi connectivity index (χ0v) is 16.5. The van der Waals surface area contributed by atoms with Gasteiger partial charge in [-0.25, -0.2) is 4.68 Å². The lowest BCUT2D eigenvalue weighted by atomic mass is 10.1. The molecule has 0 atom stereocenters. The summed E-state index contributed by atoms with van der Waals surface area (Å²) in [5, 5.41) is 13.3. The molecule has 0 spiro atoms. The van der Waals surface area contributed by atoms with E-state index in [2.05, 4.69) is 36.9 Å². The second-order valence-corrected chi connectivity index (χ2v) is 6.74. The Labute approximate surface area is 173 Å². The number of carbonyl (C=O) groups excluding carboxylic acids is 2. The van der Waals surface area contributed by atoms with Crippen molar-refractivity contribution < 1.29 is 14.0 Å². The highest BCUT2D eigenvalue weighted by Gasteiger charge is 2.14. The number of amides is 2. The number of nitrogens with zero attached hydrogens (tertiary/aromatic N) is 3. The van der Waals surface area contributed by atoms with Crippen LogP contribution >= 0.6 is 15.9 Å². The van der Waals surface area contributed by atoms with E-state index in [1.165, 1.54) is 0 Å². The number of benzene rings is 2. The average Bonchev–Trinajstić information content (AvgIpc) is 3.40. The van der Waals surface area contributed by atoms with Gasteiger partial charge < -0.3 is 15.1 Å². The van der Waals surface area contributed by atoms with Crippen molar-refractivity contribution >= 4 is 39.1 Å². The molecule has 29 heavy (non-hydrogen) atoms. The fraction of sp³-hybridized carbons (Fsp3) is 0. The predicted octanol–water partition coefficient (Wildman–Crippen LogP) is 4.13. The van der Waals surface area contributed by atoms with E-state index in [1.54, 1.807) is 59.5 Å². The fourth-order valence-electron chi connectivity index (χ4n) is 2.68. The summed E-state index contributed by atoms with van der Waals surface area (Å²) < 4.78 is 7.26. The summed E-state index contributed by atoms with van der Waals surface area (Å²) in [5.74, 6) is -0.576. The van der Waals surface area contributed by atoms with Crippen LogP contribution in [0.15, 0.2) is 82.1 Å². The molecule has 0 saturated heterocycles. The number of halogens is 1. The van der Waals surface area contributed by atoms with Gasteiger partial charge in [-0.3, -0.25) is 9.59 Å². The van der Waals surface area contributed by atoms with Crippen LogP contribution in [0.5, 0.6) is 0 Å². The maximum atomic E-state index is 12.8. The molecule has 2 heterocycles. The molecule has 4 aromatic rings. The third kappa shape index (κ3) is 4.25. The van der Waals surface area contributed by atoms with Crippen molar-refractivity contribution in [2.75, 3.05) is 10.6 Å². The first-order valence-electron chi connectivity index (χ1n) is 8.54. The van der Waals surface area contributed by atoms with Crippen molar-refractivity contribution in [2.45, 2.75) is 0 Å². The smallest absolute Gasteiger partial charge is 0.291 e. The van der Waals surface area contributed by atoms with Crippen LogP contribution < -0.4 is 10.6 Å². The van der Waals surface area contributed by atoms with Crippen LogP contribution in [0.25, 0.3) is 5.69 Å². The summed E-state index contributed by atoms with van der Waals surface area (Å²) >= 11 is 3.16. The first-order valence-corrected chi connectivity index (χ1v) is 9.33. The monoisotopic (exact) mass is 451 g/mol. The Morgan fingerprint density at radius 2 is 1.83 bits per heavy atom. The first-order chi connectivity index (χ1) is 14.1. The molecule has 0 unspecified atom stereocenters. The van der Waals surface area contributed by atoms with E-state index in [0.29, 0.717) is 27.3 Å². The Morgan fingerprint density at radius 1 is 0.966 bits per heavy atom. The van der Waals surface area contributed by atoms with Gasteiger partial charge in [-0.2, -0.15) is 0 Å². The summed E-state index contributed by atoms with van der Waals surface area (Å²) in [6, 6.07) is 17.1. The molecule has 144 valence electrons. The van der Waals surface area contributed by atoms with E-state index in [4.69, 9.17) is 4.42 Å². The van der Waals surface area contributed by atoms with Crippen molar-refractivity contribution in [3.63, 3.8) is 0 Å². The summed E-state index contributed by atoms with van der Waals surface area (Å²) in [5.41, 5.74) is 2.13. The minimum Gasteiger partial charge on any atom is -0.444 e. The molecule has 8 nitrogen and oxygen atoms in total. The van der Waals surface area contributed by atoms with Gasteiger partial charge in [0.1, 0.15) is 0 Å². The Kier molecular flexibility index (Phi) is 5.21.